The molecule has 2 atom stereocenters. The van der Waals surface area contributed by atoms with Crippen molar-refractivity contribution in [3.05, 3.63) is 0 Å². The molecule has 3 aliphatic heterocycles. The van der Waals surface area contributed by atoms with E-state index < -0.39 is 5.60 Å². The molecule has 0 spiro atoms. The van der Waals surface area contributed by atoms with Crippen molar-refractivity contribution in [2.24, 2.45) is 4.99 Å². The lowest BCUT2D eigenvalue weighted by Crippen LogP contribution is -2.57. The zero-order valence-electron chi connectivity index (χ0n) is 18.2. The molecular formula is C21H39N5O2. The van der Waals surface area contributed by atoms with Gasteiger partial charge < -0.3 is 24.8 Å². The minimum absolute atomic E-state index is 0.208. The molecule has 1 N–H and O–H groups in total. The fourth-order valence-electron chi connectivity index (χ4n) is 4.35. The predicted octanol–water partition coefficient (Wildman–Crippen LogP) is 2.52. The Morgan fingerprint density at radius 2 is 2.04 bits per heavy atom. The molecule has 0 radical (unpaired) electrons. The first-order valence-corrected chi connectivity index (χ1v) is 11.1. The summed E-state index contributed by atoms with van der Waals surface area (Å²) in [5.74, 6) is 1.01. The van der Waals surface area contributed by atoms with Crippen molar-refractivity contribution in [2.45, 2.75) is 77.5 Å². The van der Waals surface area contributed by atoms with Crippen molar-refractivity contribution in [3.63, 3.8) is 0 Å². The van der Waals surface area contributed by atoms with E-state index in [0.29, 0.717) is 13.1 Å². The third-order valence-electron chi connectivity index (χ3n) is 5.95. The van der Waals surface area contributed by atoms with Gasteiger partial charge in [-0.1, -0.05) is 6.42 Å². The third-order valence-corrected chi connectivity index (χ3v) is 5.95. The van der Waals surface area contributed by atoms with Gasteiger partial charge in [0.1, 0.15) is 5.60 Å². The van der Waals surface area contributed by atoms with E-state index in [4.69, 9.17) is 9.73 Å². The van der Waals surface area contributed by atoms with Crippen molar-refractivity contribution in [2.75, 3.05) is 45.8 Å². The van der Waals surface area contributed by atoms with Crippen LogP contribution in [0.4, 0.5) is 4.79 Å². The van der Waals surface area contributed by atoms with Crippen LogP contribution in [0.1, 0.15) is 59.8 Å². The molecule has 1 amide bonds. The summed E-state index contributed by atoms with van der Waals surface area (Å²) in [5, 5.41) is 3.53. The summed E-state index contributed by atoms with van der Waals surface area (Å²) in [6.45, 7) is 14.5. The van der Waals surface area contributed by atoms with Crippen molar-refractivity contribution >= 4 is 12.1 Å². The minimum atomic E-state index is -0.445. The highest BCUT2D eigenvalue weighted by Gasteiger charge is 2.36. The lowest BCUT2D eigenvalue weighted by molar-refractivity contribution is 0.0137. The van der Waals surface area contributed by atoms with Gasteiger partial charge in [-0.3, -0.25) is 4.99 Å². The van der Waals surface area contributed by atoms with E-state index in [1.54, 1.807) is 0 Å². The summed E-state index contributed by atoms with van der Waals surface area (Å²) in [6, 6.07) is 1.03. The number of carbonyl (C=O) groups excluding carboxylic acids is 1. The maximum absolute atomic E-state index is 12.3. The highest BCUT2D eigenvalue weighted by molar-refractivity contribution is 5.82. The van der Waals surface area contributed by atoms with E-state index in [1.807, 2.05) is 25.7 Å². The Balaban J connectivity index is 1.34. The molecule has 0 aromatic carbocycles. The summed E-state index contributed by atoms with van der Waals surface area (Å²) in [5.41, 5.74) is -0.445. The van der Waals surface area contributed by atoms with Crippen molar-refractivity contribution in [1.29, 1.82) is 0 Å². The number of piperidine rings is 1. The summed E-state index contributed by atoms with van der Waals surface area (Å²) in [4.78, 5) is 23.8. The van der Waals surface area contributed by atoms with Gasteiger partial charge in [-0.2, -0.15) is 0 Å². The summed E-state index contributed by atoms with van der Waals surface area (Å²) in [6.07, 6.45) is 6.30. The number of piperazine rings is 1. The van der Waals surface area contributed by atoms with Gasteiger partial charge in [-0.15, -0.1) is 0 Å². The van der Waals surface area contributed by atoms with E-state index in [0.717, 1.165) is 31.6 Å². The van der Waals surface area contributed by atoms with Gasteiger partial charge in [0.25, 0.3) is 0 Å². The second-order valence-corrected chi connectivity index (χ2v) is 9.45. The Morgan fingerprint density at radius 3 is 2.79 bits per heavy atom. The highest BCUT2D eigenvalue weighted by Crippen LogP contribution is 2.19. The van der Waals surface area contributed by atoms with E-state index in [9.17, 15) is 4.79 Å². The van der Waals surface area contributed by atoms with Crippen LogP contribution < -0.4 is 5.32 Å². The van der Waals surface area contributed by atoms with Crippen molar-refractivity contribution < 1.29 is 9.53 Å². The molecule has 0 aromatic rings. The van der Waals surface area contributed by atoms with Gasteiger partial charge in [0.15, 0.2) is 5.96 Å². The third kappa shape index (κ3) is 5.75. The number of nitrogens with one attached hydrogen (secondary N) is 1. The Morgan fingerprint density at radius 1 is 1.21 bits per heavy atom. The molecule has 7 nitrogen and oxygen atoms in total. The number of aliphatic imine (C=N–C) groups is 1. The quantitative estimate of drug-likeness (QED) is 0.728. The Hall–Kier alpha value is -1.50. The van der Waals surface area contributed by atoms with Crippen molar-refractivity contribution in [1.82, 2.24) is 20.0 Å². The van der Waals surface area contributed by atoms with Gasteiger partial charge in [0.2, 0.25) is 0 Å². The van der Waals surface area contributed by atoms with E-state index >= 15 is 0 Å². The first-order valence-electron chi connectivity index (χ1n) is 11.1. The van der Waals surface area contributed by atoms with E-state index in [2.05, 4.69) is 22.0 Å². The summed E-state index contributed by atoms with van der Waals surface area (Å²) < 4.78 is 5.51. The lowest BCUT2D eigenvalue weighted by atomic mass is 10.0. The van der Waals surface area contributed by atoms with Crippen LogP contribution in [-0.4, -0.2) is 90.3 Å². The van der Waals surface area contributed by atoms with Gasteiger partial charge in [0, 0.05) is 32.2 Å². The second kappa shape index (κ2) is 9.33. The van der Waals surface area contributed by atoms with Crippen LogP contribution >= 0.6 is 0 Å². The largest absolute Gasteiger partial charge is 0.444 e. The molecule has 0 bridgehead atoms. The van der Waals surface area contributed by atoms with Crippen LogP contribution in [0.5, 0.6) is 0 Å². The zero-order chi connectivity index (χ0) is 20.1. The number of amides is 1. The molecule has 0 saturated carbocycles. The number of fused-ring (bicyclic) bond motifs is 1. The summed E-state index contributed by atoms with van der Waals surface area (Å²) >= 11 is 0. The number of rotatable bonds is 5. The van der Waals surface area contributed by atoms with E-state index in [-0.39, 0.29) is 12.1 Å². The number of hydrogen-bond donors (Lipinski definition) is 1. The average molecular weight is 394 g/mol. The Kier molecular flexibility index (Phi) is 7.07. The van der Waals surface area contributed by atoms with E-state index in [1.165, 1.54) is 45.2 Å². The Bertz CT molecular complexity index is 559. The molecule has 160 valence electrons. The van der Waals surface area contributed by atoms with Crippen LogP contribution in [0.15, 0.2) is 4.99 Å². The number of carbonyl (C=O) groups is 1. The predicted molar refractivity (Wildman–Crippen MR) is 113 cm³/mol. The number of unbranched alkanes of at least 4 members (excludes halogenated alkanes) is 1. The maximum atomic E-state index is 12.3. The SMILES string of the molecule is CC1CCCCN1CCCCNC1=NCC2CN(C(=O)OC(C)(C)C)CCN12. The molecule has 3 aliphatic rings. The second-order valence-electron chi connectivity index (χ2n) is 9.45. The smallest absolute Gasteiger partial charge is 0.410 e. The standard InChI is InChI=1S/C21H39N5O2/c1-17-9-5-7-11-24(17)12-8-6-10-22-19-23-15-18-16-25(13-14-26(18)19)20(27)28-21(2,3)4/h17-18H,5-16H2,1-4H3,(H,22,23). The number of nitrogens with zero attached hydrogens (tertiary/aromatic N) is 4. The molecule has 2 unspecified atom stereocenters. The molecule has 28 heavy (non-hydrogen) atoms. The summed E-state index contributed by atoms with van der Waals surface area (Å²) in [7, 11) is 0. The minimum Gasteiger partial charge on any atom is -0.444 e. The van der Waals surface area contributed by atoms with Gasteiger partial charge in [0.05, 0.1) is 12.6 Å². The fourth-order valence-corrected chi connectivity index (χ4v) is 4.35. The molecule has 2 fully saturated rings. The maximum Gasteiger partial charge on any atom is 0.410 e. The van der Waals surface area contributed by atoms with Crippen LogP contribution in [0, 0.1) is 0 Å². The first-order chi connectivity index (χ1) is 13.3. The number of hydrogen-bond acceptors (Lipinski definition) is 6. The fraction of sp³-hybridized carbons (Fsp3) is 0.905. The van der Waals surface area contributed by atoms with Gasteiger partial charge in [-0.25, -0.2) is 4.79 Å². The number of ether oxygens (including phenoxy) is 1. The normalized spacial score (nSPS) is 26.1. The molecule has 0 aliphatic carbocycles. The molecule has 7 heteroatoms. The Labute approximate surface area is 170 Å². The van der Waals surface area contributed by atoms with Gasteiger partial charge >= 0.3 is 6.09 Å². The monoisotopic (exact) mass is 393 g/mol. The molecule has 3 heterocycles. The van der Waals surface area contributed by atoms with Crippen LogP contribution in [0.3, 0.4) is 0 Å². The van der Waals surface area contributed by atoms with Crippen LogP contribution in [0.2, 0.25) is 0 Å². The molecule has 0 aromatic heterocycles. The molecule has 3 rings (SSSR count). The molecule has 2 saturated heterocycles. The zero-order valence-corrected chi connectivity index (χ0v) is 18.2. The van der Waals surface area contributed by atoms with Gasteiger partial charge in [-0.05, 0) is 66.5 Å². The molecular weight excluding hydrogens is 354 g/mol. The number of likely N-dealkylation sites (tertiary alicyclic amines) is 1. The average Bonchev–Trinajstić information content (AvgIpc) is 3.04. The topological polar surface area (TPSA) is 60.4 Å². The van der Waals surface area contributed by atoms with Crippen molar-refractivity contribution in [3.8, 4) is 0 Å². The first kappa shape index (κ1) is 21.2. The highest BCUT2D eigenvalue weighted by atomic mass is 16.6. The lowest BCUT2D eigenvalue weighted by Gasteiger charge is -2.39. The van der Waals surface area contributed by atoms with Crippen LogP contribution in [0.25, 0.3) is 0 Å². The number of guanidine groups is 1. The van der Waals surface area contributed by atoms with Crippen LogP contribution in [-0.2, 0) is 4.74 Å².